The van der Waals surface area contributed by atoms with Crippen LogP contribution in [0, 0.1) is 0 Å². The molecule has 0 aliphatic heterocycles. The maximum atomic E-state index is 12.2. The van der Waals surface area contributed by atoms with Crippen molar-refractivity contribution < 1.29 is 14.3 Å². The maximum absolute atomic E-state index is 12.2. The molecule has 7 heteroatoms. The molecule has 0 radical (unpaired) electrons. The Morgan fingerprint density at radius 2 is 1.93 bits per heavy atom. The van der Waals surface area contributed by atoms with Gasteiger partial charge in [-0.1, -0.05) is 29.5 Å². The number of hydrogen-bond donors (Lipinski definition) is 1. The molecule has 0 saturated carbocycles. The molecule has 1 amide bonds. The first-order valence-corrected chi connectivity index (χ1v) is 9.46. The molecule has 1 N–H and O–H groups in total. The average molecular weight is 385 g/mol. The van der Waals surface area contributed by atoms with Crippen LogP contribution in [0.3, 0.4) is 0 Å². The number of methoxy groups -OCH3 is 2. The van der Waals surface area contributed by atoms with Gasteiger partial charge in [-0.15, -0.1) is 0 Å². The lowest BCUT2D eigenvalue weighted by Crippen LogP contribution is -2.36. The predicted octanol–water partition coefficient (Wildman–Crippen LogP) is 3.11. The Labute approximate surface area is 162 Å². The number of carbonyl (C=O) groups excluding carboxylic acids is 1. The first-order valence-electron chi connectivity index (χ1n) is 8.65. The Morgan fingerprint density at radius 3 is 2.67 bits per heavy atom. The van der Waals surface area contributed by atoms with Crippen LogP contribution < -0.4 is 19.7 Å². The zero-order chi connectivity index (χ0) is 19.2. The second-order valence-electron chi connectivity index (χ2n) is 6.11. The molecule has 0 bridgehead atoms. The largest absolute Gasteiger partial charge is 0.493 e. The number of nitrogens with zero attached hydrogens (tertiary/aromatic N) is 2. The van der Waals surface area contributed by atoms with Gasteiger partial charge in [-0.05, 0) is 36.2 Å². The van der Waals surface area contributed by atoms with E-state index in [2.05, 4.69) is 10.3 Å². The molecule has 0 aliphatic rings. The van der Waals surface area contributed by atoms with Crippen molar-refractivity contribution in [1.82, 2.24) is 10.3 Å². The number of fused-ring (bicyclic) bond motifs is 1. The summed E-state index contributed by atoms with van der Waals surface area (Å²) in [6.07, 6.45) is 0.719. The number of amides is 1. The third-order valence-corrected chi connectivity index (χ3v) is 5.32. The van der Waals surface area contributed by atoms with Gasteiger partial charge in [0.25, 0.3) is 0 Å². The lowest BCUT2D eigenvalue weighted by molar-refractivity contribution is -0.119. The van der Waals surface area contributed by atoms with Gasteiger partial charge in [-0.2, -0.15) is 0 Å². The normalized spacial score (nSPS) is 10.6. The second kappa shape index (κ2) is 8.73. The van der Waals surface area contributed by atoms with Crippen LogP contribution >= 0.6 is 11.3 Å². The van der Waals surface area contributed by atoms with Gasteiger partial charge >= 0.3 is 0 Å². The summed E-state index contributed by atoms with van der Waals surface area (Å²) in [5.41, 5.74) is 2.03. The van der Waals surface area contributed by atoms with Crippen molar-refractivity contribution in [3.8, 4) is 11.5 Å². The number of para-hydroxylation sites is 1. The number of hydrogen-bond acceptors (Lipinski definition) is 6. The smallest absolute Gasteiger partial charge is 0.239 e. The summed E-state index contributed by atoms with van der Waals surface area (Å²) in [5, 5.41) is 3.79. The fourth-order valence-corrected chi connectivity index (χ4v) is 3.67. The molecule has 2 aromatic carbocycles. The maximum Gasteiger partial charge on any atom is 0.239 e. The Hall–Kier alpha value is -2.80. The summed E-state index contributed by atoms with van der Waals surface area (Å²) < 4.78 is 11.7. The third-order valence-electron chi connectivity index (χ3n) is 4.17. The van der Waals surface area contributed by atoms with E-state index < -0.39 is 0 Å². The molecular formula is C20H23N3O3S. The Morgan fingerprint density at radius 1 is 1.15 bits per heavy atom. The summed E-state index contributed by atoms with van der Waals surface area (Å²) in [6, 6.07) is 13.7. The van der Waals surface area contributed by atoms with Gasteiger partial charge in [-0.3, -0.25) is 4.79 Å². The number of carbonyl (C=O) groups is 1. The van der Waals surface area contributed by atoms with Crippen molar-refractivity contribution in [1.29, 1.82) is 0 Å². The van der Waals surface area contributed by atoms with E-state index in [0.29, 0.717) is 18.0 Å². The molecular weight excluding hydrogens is 362 g/mol. The molecule has 3 aromatic rings. The minimum absolute atomic E-state index is 0.0303. The Kier molecular flexibility index (Phi) is 6.13. The monoisotopic (exact) mass is 385 g/mol. The molecule has 6 nitrogen and oxygen atoms in total. The molecule has 27 heavy (non-hydrogen) atoms. The molecule has 142 valence electrons. The molecule has 3 rings (SSSR count). The molecule has 0 unspecified atom stereocenters. The summed E-state index contributed by atoms with van der Waals surface area (Å²) in [5.74, 6) is 1.36. The summed E-state index contributed by atoms with van der Waals surface area (Å²) >= 11 is 1.58. The van der Waals surface area contributed by atoms with Crippen molar-refractivity contribution in [3.05, 3.63) is 48.0 Å². The van der Waals surface area contributed by atoms with E-state index >= 15 is 0 Å². The molecule has 0 spiro atoms. The van der Waals surface area contributed by atoms with Crippen LogP contribution in [0.15, 0.2) is 42.5 Å². The predicted molar refractivity (Wildman–Crippen MR) is 109 cm³/mol. The quantitative estimate of drug-likeness (QED) is 0.646. The Bertz CT molecular complexity index is 893. The molecule has 0 saturated heterocycles. The molecule has 1 aromatic heterocycles. The van der Waals surface area contributed by atoms with E-state index in [-0.39, 0.29) is 12.5 Å². The summed E-state index contributed by atoms with van der Waals surface area (Å²) in [6.45, 7) is 0.827. The standard InChI is InChI=1S/C20H23N3O3S/c1-23(20-22-15-6-4-5-7-18(15)27-20)13-19(24)21-11-10-14-8-9-16(25-2)17(12-14)26-3/h4-9,12H,10-11,13H2,1-3H3,(H,21,24). The number of aromatic nitrogens is 1. The molecule has 0 aliphatic carbocycles. The number of nitrogens with one attached hydrogen (secondary N) is 1. The van der Waals surface area contributed by atoms with E-state index in [1.165, 1.54) is 0 Å². The number of anilines is 1. The van der Waals surface area contributed by atoms with Gasteiger partial charge in [-0.25, -0.2) is 4.98 Å². The summed E-state index contributed by atoms with van der Waals surface area (Å²) in [4.78, 5) is 18.7. The molecule has 0 atom stereocenters. The van der Waals surface area contributed by atoms with E-state index in [1.807, 2.05) is 54.4 Å². The molecule has 0 fully saturated rings. The highest BCUT2D eigenvalue weighted by molar-refractivity contribution is 7.22. The lowest BCUT2D eigenvalue weighted by atomic mass is 10.1. The van der Waals surface area contributed by atoms with Gasteiger partial charge in [0.05, 0.1) is 31.0 Å². The zero-order valence-corrected chi connectivity index (χ0v) is 16.5. The highest BCUT2D eigenvalue weighted by Crippen LogP contribution is 2.28. The van der Waals surface area contributed by atoms with Crippen LogP contribution in [-0.4, -0.2) is 45.2 Å². The van der Waals surface area contributed by atoms with Gasteiger partial charge in [0, 0.05) is 13.6 Å². The van der Waals surface area contributed by atoms with E-state index in [4.69, 9.17) is 9.47 Å². The topological polar surface area (TPSA) is 63.7 Å². The third kappa shape index (κ3) is 4.68. The van der Waals surface area contributed by atoms with Crippen molar-refractivity contribution in [2.75, 3.05) is 39.3 Å². The highest BCUT2D eigenvalue weighted by Gasteiger charge is 2.12. The average Bonchev–Trinajstić information content (AvgIpc) is 3.12. The van der Waals surface area contributed by atoms with Crippen LogP contribution in [0.1, 0.15) is 5.56 Å². The van der Waals surface area contributed by atoms with Gasteiger partial charge < -0.3 is 19.7 Å². The van der Waals surface area contributed by atoms with Crippen LogP contribution in [-0.2, 0) is 11.2 Å². The minimum atomic E-state index is -0.0303. The number of likely N-dealkylation sites (N-methyl/N-ethyl adjacent to an activating group) is 1. The first kappa shape index (κ1) is 19.0. The Balaban J connectivity index is 1.50. The zero-order valence-electron chi connectivity index (χ0n) is 15.7. The number of ether oxygens (including phenoxy) is 2. The van der Waals surface area contributed by atoms with E-state index in [1.54, 1.807) is 25.6 Å². The van der Waals surface area contributed by atoms with Crippen molar-refractivity contribution in [2.45, 2.75) is 6.42 Å². The van der Waals surface area contributed by atoms with Crippen molar-refractivity contribution in [3.63, 3.8) is 0 Å². The van der Waals surface area contributed by atoms with Gasteiger partial charge in [0.15, 0.2) is 16.6 Å². The lowest BCUT2D eigenvalue weighted by Gasteiger charge is -2.15. The van der Waals surface area contributed by atoms with Crippen LogP contribution in [0.2, 0.25) is 0 Å². The van der Waals surface area contributed by atoms with E-state index in [0.717, 1.165) is 27.3 Å². The van der Waals surface area contributed by atoms with Gasteiger partial charge in [0.1, 0.15) is 0 Å². The SMILES string of the molecule is COc1ccc(CCNC(=O)CN(C)c2nc3ccccc3s2)cc1OC. The van der Waals surface area contributed by atoms with E-state index in [9.17, 15) is 4.79 Å². The van der Waals surface area contributed by atoms with Crippen LogP contribution in [0.4, 0.5) is 5.13 Å². The van der Waals surface area contributed by atoms with Crippen molar-refractivity contribution >= 4 is 32.6 Å². The van der Waals surface area contributed by atoms with Gasteiger partial charge in [0.2, 0.25) is 5.91 Å². The summed E-state index contributed by atoms with van der Waals surface area (Å²) in [7, 11) is 5.10. The van der Waals surface area contributed by atoms with Crippen LogP contribution in [0.25, 0.3) is 10.2 Å². The minimum Gasteiger partial charge on any atom is -0.493 e. The fraction of sp³-hybridized carbons (Fsp3) is 0.300. The second-order valence-corrected chi connectivity index (χ2v) is 7.12. The first-order chi connectivity index (χ1) is 13.1. The number of rotatable bonds is 8. The highest BCUT2D eigenvalue weighted by atomic mass is 32.1. The van der Waals surface area contributed by atoms with Crippen molar-refractivity contribution in [2.24, 2.45) is 0 Å². The van der Waals surface area contributed by atoms with Crippen LogP contribution in [0.5, 0.6) is 11.5 Å². The number of thiazole rings is 1. The fourth-order valence-electron chi connectivity index (χ4n) is 2.74. The number of benzene rings is 2. The molecule has 1 heterocycles.